The summed E-state index contributed by atoms with van der Waals surface area (Å²) in [6.07, 6.45) is -3.14. The van der Waals surface area contributed by atoms with E-state index < -0.39 is 22.6 Å². The Hall–Kier alpha value is -4.02. The van der Waals surface area contributed by atoms with Crippen LogP contribution in [-0.2, 0) is 25.6 Å². The highest BCUT2D eigenvalue weighted by Gasteiger charge is 2.38. The molecule has 11 heteroatoms. The molecular formula is C28H29F3N4O4. The largest absolute Gasteiger partial charge is 0.416 e. The highest BCUT2D eigenvalue weighted by atomic mass is 19.4. The van der Waals surface area contributed by atoms with Crippen LogP contribution in [0.25, 0.3) is 5.69 Å². The molecule has 4 rings (SSSR count). The van der Waals surface area contributed by atoms with Crippen LogP contribution in [0.4, 0.5) is 18.9 Å². The third-order valence-corrected chi connectivity index (χ3v) is 6.59. The van der Waals surface area contributed by atoms with Gasteiger partial charge in [-0.05, 0) is 54.0 Å². The summed E-state index contributed by atoms with van der Waals surface area (Å²) in [6, 6.07) is 8.48. The molecule has 0 spiro atoms. The molecule has 0 saturated heterocycles. The number of halogens is 3. The van der Waals surface area contributed by atoms with Gasteiger partial charge in [0.2, 0.25) is 0 Å². The number of hydrogen-bond acceptors (Lipinski definition) is 5. The minimum Gasteiger partial charge on any atom is -0.348 e. The zero-order chi connectivity index (χ0) is 28.7. The summed E-state index contributed by atoms with van der Waals surface area (Å²) < 4.78 is 40.4. The lowest BCUT2D eigenvalue weighted by Crippen LogP contribution is -2.28. The van der Waals surface area contributed by atoms with Crippen molar-refractivity contribution in [3.05, 3.63) is 86.2 Å². The van der Waals surface area contributed by atoms with E-state index in [1.807, 2.05) is 27.7 Å². The molecule has 1 aromatic heterocycles. The van der Waals surface area contributed by atoms with E-state index in [1.165, 1.54) is 28.9 Å². The highest BCUT2D eigenvalue weighted by Crippen LogP contribution is 2.39. The fourth-order valence-corrected chi connectivity index (χ4v) is 4.89. The molecule has 3 aromatic rings. The molecule has 0 atom stereocenters. The van der Waals surface area contributed by atoms with Gasteiger partial charge in [0.1, 0.15) is 5.69 Å². The van der Waals surface area contributed by atoms with Crippen LogP contribution in [0.2, 0.25) is 0 Å². The number of nitro benzene ring substituents is 1. The van der Waals surface area contributed by atoms with Gasteiger partial charge in [-0.25, -0.2) is 4.68 Å². The lowest BCUT2D eigenvalue weighted by molar-refractivity contribution is -0.384. The lowest BCUT2D eigenvalue weighted by atomic mass is 9.75. The molecular weight excluding hydrogens is 513 g/mol. The molecule has 1 heterocycles. The molecule has 2 aromatic carbocycles. The Kier molecular flexibility index (Phi) is 7.38. The molecule has 8 nitrogen and oxygen atoms in total. The molecule has 39 heavy (non-hydrogen) atoms. The van der Waals surface area contributed by atoms with Crippen LogP contribution in [0.15, 0.2) is 42.5 Å². The summed E-state index contributed by atoms with van der Waals surface area (Å²) in [4.78, 5) is 37.3. The molecule has 0 bridgehead atoms. The first kappa shape index (κ1) is 28.0. The smallest absolute Gasteiger partial charge is 0.348 e. The Morgan fingerprint density at radius 3 is 2.54 bits per heavy atom. The van der Waals surface area contributed by atoms with Crippen LogP contribution in [0.3, 0.4) is 0 Å². The van der Waals surface area contributed by atoms with E-state index in [4.69, 9.17) is 0 Å². The fraction of sp³-hybridized carbons (Fsp3) is 0.393. The number of nitrogens with one attached hydrogen (secondary N) is 1. The van der Waals surface area contributed by atoms with Crippen LogP contribution in [0.5, 0.6) is 0 Å². The number of rotatable bonds is 7. The maximum absolute atomic E-state index is 13.1. The minimum atomic E-state index is -4.52. The maximum Gasteiger partial charge on any atom is 0.416 e. The van der Waals surface area contributed by atoms with E-state index in [0.717, 1.165) is 18.2 Å². The summed E-state index contributed by atoms with van der Waals surface area (Å²) in [7, 11) is 0. The molecule has 0 aliphatic heterocycles. The number of ketones is 1. The predicted molar refractivity (Wildman–Crippen MR) is 138 cm³/mol. The van der Waals surface area contributed by atoms with Crippen LogP contribution < -0.4 is 5.32 Å². The van der Waals surface area contributed by atoms with Gasteiger partial charge in [0.15, 0.2) is 5.78 Å². The van der Waals surface area contributed by atoms with Gasteiger partial charge >= 0.3 is 6.18 Å². The minimum absolute atomic E-state index is 0.0303. The molecule has 1 N–H and O–H groups in total. The van der Waals surface area contributed by atoms with E-state index in [1.54, 1.807) is 0 Å². The second-order valence-corrected chi connectivity index (χ2v) is 11.1. The number of fused-ring (bicyclic) bond motifs is 1. The summed E-state index contributed by atoms with van der Waals surface area (Å²) in [5, 5.41) is 19.2. The number of amides is 1. The molecule has 0 unspecified atom stereocenters. The molecule has 0 fully saturated rings. The second kappa shape index (κ2) is 10.3. The number of alkyl halides is 3. The van der Waals surface area contributed by atoms with Crippen molar-refractivity contribution < 1.29 is 27.7 Å². The molecule has 206 valence electrons. The van der Waals surface area contributed by atoms with Gasteiger partial charge < -0.3 is 5.32 Å². The second-order valence-electron chi connectivity index (χ2n) is 11.1. The highest BCUT2D eigenvalue weighted by molar-refractivity contribution is 6.00. The van der Waals surface area contributed by atoms with Crippen molar-refractivity contribution in [1.82, 2.24) is 15.1 Å². The topological polar surface area (TPSA) is 107 Å². The maximum atomic E-state index is 13.1. The van der Waals surface area contributed by atoms with Crippen LogP contribution in [0.1, 0.15) is 77.3 Å². The Morgan fingerprint density at radius 2 is 1.90 bits per heavy atom. The first-order chi connectivity index (χ1) is 18.2. The van der Waals surface area contributed by atoms with E-state index in [2.05, 4.69) is 10.4 Å². The fourth-order valence-electron chi connectivity index (χ4n) is 4.89. The summed E-state index contributed by atoms with van der Waals surface area (Å²) in [5.41, 5.74) is 0.486. The van der Waals surface area contributed by atoms with Crippen molar-refractivity contribution in [3.63, 3.8) is 0 Å². The lowest BCUT2D eigenvalue weighted by Gasteiger charge is -2.29. The Labute approximate surface area is 223 Å². The number of benzene rings is 2. The predicted octanol–water partition coefficient (Wildman–Crippen LogP) is 6.08. The van der Waals surface area contributed by atoms with E-state index in [-0.39, 0.29) is 46.2 Å². The first-order valence-electron chi connectivity index (χ1n) is 12.5. The first-order valence-corrected chi connectivity index (χ1v) is 12.5. The molecule has 1 aliphatic rings. The third kappa shape index (κ3) is 6.02. The van der Waals surface area contributed by atoms with Gasteiger partial charge in [0.25, 0.3) is 11.6 Å². The van der Waals surface area contributed by atoms with Crippen LogP contribution >= 0.6 is 0 Å². The van der Waals surface area contributed by atoms with Gasteiger partial charge in [-0.1, -0.05) is 39.8 Å². The van der Waals surface area contributed by atoms with Crippen molar-refractivity contribution in [2.75, 3.05) is 0 Å². The van der Waals surface area contributed by atoms with Gasteiger partial charge in [-0.2, -0.15) is 18.3 Å². The number of aromatic nitrogens is 2. The quantitative estimate of drug-likeness (QED) is 0.288. The van der Waals surface area contributed by atoms with Crippen molar-refractivity contribution in [3.8, 4) is 5.69 Å². The molecule has 1 amide bonds. The number of carbonyl (C=O) groups is 2. The van der Waals surface area contributed by atoms with Crippen LogP contribution in [-0.4, -0.2) is 26.4 Å². The molecule has 1 aliphatic carbocycles. The number of hydrogen-bond donors (Lipinski definition) is 1. The zero-order valence-electron chi connectivity index (χ0n) is 22.1. The normalized spacial score (nSPS) is 14.8. The third-order valence-electron chi connectivity index (χ3n) is 6.59. The van der Waals surface area contributed by atoms with Crippen molar-refractivity contribution >= 4 is 17.4 Å². The van der Waals surface area contributed by atoms with E-state index in [9.17, 15) is 32.9 Å². The average Bonchev–Trinajstić information content (AvgIpc) is 3.17. The SMILES string of the molecule is CC(C)Cc1nn(-c2ccc(C(=O)NCc3cccc(C(F)(F)F)c3)cc2[N+](=O)[O-])c2c1C(=O)CC(C)(C)C2. The monoisotopic (exact) mass is 542 g/mol. The summed E-state index contributed by atoms with van der Waals surface area (Å²) in [6.45, 7) is 7.72. The van der Waals surface area contributed by atoms with Crippen molar-refractivity contribution in [2.24, 2.45) is 11.3 Å². The molecule has 0 radical (unpaired) electrons. The van der Waals surface area contributed by atoms with Gasteiger partial charge in [-0.3, -0.25) is 19.7 Å². The molecule has 0 saturated carbocycles. The Bertz CT molecular complexity index is 1460. The van der Waals surface area contributed by atoms with Crippen LogP contribution in [0, 0.1) is 21.4 Å². The Morgan fingerprint density at radius 1 is 1.18 bits per heavy atom. The van der Waals surface area contributed by atoms with E-state index >= 15 is 0 Å². The van der Waals surface area contributed by atoms with Crippen molar-refractivity contribution in [1.29, 1.82) is 0 Å². The van der Waals surface area contributed by atoms with Crippen molar-refractivity contribution in [2.45, 2.75) is 59.7 Å². The van der Waals surface area contributed by atoms with Gasteiger partial charge in [-0.15, -0.1) is 0 Å². The zero-order valence-corrected chi connectivity index (χ0v) is 22.1. The van der Waals surface area contributed by atoms with Gasteiger partial charge in [0.05, 0.1) is 27.4 Å². The number of carbonyl (C=O) groups excluding carboxylic acids is 2. The standard InChI is InChI=1S/C28H29F3N4O4/c1-16(2)10-20-25-23(13-27(3,4)14-24(25)36)34(33-20)21-9-8-18(12-22(21)35(38)39)26(37)32-15-17-6-5-7-19(11-17)28(29,30)31/h5-9,11-12,16H,10,13-15H2,1-4H3,(H,32,37). The van der Waals surface area contributed by atoms with E-state index in [0.29, 0.717) is 36.2 Å². The Balaban J connectivity index is 1.68. The number of nitro groups is 1. The number of nitrogens with zero attached hydrogens (tertiary/aromatic N) is 3. The van der Waals surface area contributed by atoms with Gasteiger partial charge in [0, 0.05) is 24.6 Å². The average molecular weight is 543 g/mol. The summed E-state index contributed by atoms with van der Waals surface area (Å²) in [5.74, 6) is -0.518. The summed E-state index contributed by atoms with van der Waals surface area (Å²) >= 11 is 0. The number of Topliss-reactive ketones (excluding diaryl/α,β-unsaturated/α-hetero) is 1.